The van der Waals surface area contributed by atoms with Gasteiger partial charge in [-0.15, -0.1) is 5.10 Å². The monoisotopic (exact) mass is 384 g/mol. The molecule has 1 saturated heterocycles. The van der Waals surface area contributed by atoms with Crippen LogP contribution in [0.3, 0.4) is 0 Å². The summed E-state index contributed by atoms with van der Waals surface area (Å²) >= 11 is 0. The van der Waals surface area contributed by atoms with Crippen LogP contribution in [0.5, 0.6) is 0 Å². The number of benzene rings is 1. The highest BCUT2D eigenvalue weighted by molar-refractivity contribution is 6.49. The summed E-state index contributed by atoms with van der Waals surface area (Å²) in [5.41, 5.74) is 0.152. The molecule has 1 unspecified atom stereocenters. The van der Waals surface area contributed by atoms with Crippen molar-refractivity contribution in [1.82, 2.24) is 9.78 Å². The summed E-state index contributed by atoms with van der Waals surface area (Å²) in [4.78, 5) is 0. The predicted molar refractivity (Wildman–Crippen MR) is 92.9 cm³/mol. The molecule has 1 saturated carbocycles. The van der Waals surface area contributed by atoms with E-state index in [2.05, 4.69) is 5.10 Å². The Morgan fingerprint density at radius 2 is 1.81 bits per heavy atom. The highest BCUT2D eigenvalue weighted by atomic mass is 19.4. The Balaban J connectivity index is 1.58. The van der Waals surface area contributed by atoms with Gasteiger partial charge in [-0.05, 0) is 57.7 Å². The number of aromatic nitrogens is 2. The molecule has 0 N–H and O–H groups in total. The lowest BCUT2D eigenvalue weighted by Crippen LogP contribution is -2.41. The number of hydrogen-bond acceptors (Lipinski definition) is 3. The van der Waals surface area contributed by atoms with E-state index in [1.54, 1.807) is 12.1 Å². The fraction of sp³-hybridized carbons (Fsp3) is 0.611. The van der Waals surface area contributed by atoms with E-state index in [0.717, 1.165) is 12.0 Å². The molecule has 2 atom stereocenters. The molecule has 1 aliphatic carbocycles. The molecule has 1 aromatic heterocycles. The van der Waals surface area contributed by atoms with Crippen molar-refractivity contribution in [2.75, 3.05) is 0 Å². The first-order valence-corrected chi connectivity index (χ1v) is 8.96. The smallest absolute Gasteiger partial charge is 0.403 e. The molecule has 0 spiro atoms. The molecule has 0 amide bonds. The summed E-state index contributed by atoms with van der Waals surface area (Å²) in [6.07, 6.45) is -3.65. The largest absolute Gasteiger partial charge is 0.461 e. The minimum atomic E-state index is -4.47. The molecule has 27 heavy (non-hydrogen) atoms. The second-order valence-electron chi connectivity index (χ2n) is 8.47. The maximum absolute atomic E-state index is 13.9. The number of nitrogens with zero attached hydrogens (tertiary/aromatic N) is 2. The van der Waals surface area contributed by atoms with Crippen molar-refractivity contribution in [3.05, 3.63) is 29.7 Å². The van der Waals surface area contributed by atoms with Crippen LogP contribution in [0, 0.1) is 5.95 Å². The van der Waals surface area contributed by atoms with Crippen LogP contribution in [-0.2, 0) is 15.9 Å². The second kappa shape index (κ2) is 5.70. The van der Waals surface area contributed by atoms with Crippen molar-refractivity contribution in [3.8, 4) is 0 Å². The van der Waals surface area contributed by atoms with Gasteiger partial charge in [-0.3, -0.25) is 4.68 Å². The zero-order valence-electron chi connectivity index (χ0n) is 15.6. The molecule has 2 fully saturated rings. The Morgan fingerprint density at radius 3 is 2.41 bits per heavy atom. The standard InChI is InChI=1S/C18H21BF4N2O2/c1-16(2)17(3,4)27-19(26-16)13-8-12(13)10-5-6-11-14(7-10)25(24-15(11)20)9-18(21,22)23/h5-7,12-13H,8-9H2,1-4H3/t12-,13?/m1/s1. The van der Waals surface area contributed by atoms with Gasteiger partial charge >= 0.3 is 13.3 Å². The third-order valence-electron chi connectivity index (χ3n) is 5.95. The molecule has 2 aromatic rings. The molecular formula is C18H21BF4N2O2. The van der Waals surface area contributed by atoms with E-state index in [4.69, 9.17) is 9.31 Å². The normalized spacial score (nSPS) is 26.7. The Kier molecular flexibility index (Phi) is 3.96. The van der Waals surface area contributed by atoms with Gasteiger partial charge in [0.25, 0.3) is 0 Å². The Hall–Kier alpha value is -1.61. The molecule has 1 aromatic carbocycles. The minimum absolute atomic E-state index is 0.0934. The first kappa shape index (κ1) is 18.7. The fourth-order valence-corrected chi connectivity index (χ4v) is 3.63. The highest BCUT2D eigenvalue weighted by Crippen LogP contribution is 2.58. The average Bonchev–Trinajstić information content (AvgIpc) is 3.21. The first-order chi connectivity index (χ1) is 12.4. The van der Waals surface area contributed by atoms with Crippen molar-refractivity contribution >= 4 is 18.0 Å². The van der Waals surface area contributed by atoms with E-state index in [0.29, 0.717) is 4.68 Å². The van der Waals surface area contributed by atoms with Crippen molar-refractivity contribution in [2.45, 2.75) is 69.8 Å². The summed E-state index contributed by atoms with van der Waals surface area (Å²) in [5.74, 6) is -0.646. The topological polar surface area (TPSA) is 36.3 Å². The zero-order chi connectivity index (χ0) is 19.8. The van der Waals surface area contributed by atoms with Crippen LogP contribution in [0.1, 0.15) is 45.6 Å². The maximum Gasteiger partial charge on any atom is 0.461 e. The SMILES string of the molecule is CC1(C)OB(C2C[C@@H]2c2ccc3c(F)nn(CC(F)(F)F)c3c2)OC1(C)C. The summed E-state index contributed by atoms with van der Waals surface area (Å²) in [5, 5.41) is 3.50. The lowest BCUT2D eigenvalue weighted by molar-refractivity contribution is -0.142. The second-order valence-corrected chi connectivity index (χ2v) is 8.47. The lowest BCUT2D eigenvalue weighted by Gasteiger charge is -2.32. The van der Waals surface area contributed by atoms with Crippen LogP contribution in [0.15, 0.2) is 18.2 Å². The molecule has 1 aliphatic heterocycles. The number of fused-ring (bicyclic) bond motifs is 1. The number of halogens is 4. The fourth-order valence-electron chi connectivity index (χ4n) is 3.63. The molecule has 2 aliphatic rings. The first-order valence-electron chi connectivity index (χ1n) is 8.96. The molecule has 4 rings (SSSR count). The molecule has 2 heterocycles. The quantitative estimate of drug-likeness (QED) is 0.569. The van der Waals surface area contributed by atoms with Gasteiger partial charge in [0.15, 0.2) is 0 Å². The van der Waals surface area contributed by atoms with Gasteiger partial charge in [-0.2, -0.15) is 17.6 Å². The van der Waals surface area contributed by atoms with Gasteiger partial charge < -0.3 is 9.31 Å². The van der Waals surface area contributed by atoms with E-state index in [-0.39, 0.29) is 29.8 Å². The van der Waals surface area contributed by atoms with Crippen molar-refractivity contribution < 1.29 is 26.9 Å². The van der Waals surface area contributed by atoms with E-state index in [9.17, 15) is 17.6 Å². The molecule has 9 heteroatoms. The number of hydrogen-bond donors (Lipinski definition) is 0. The summed E-state index contributed by atoms with van der Waals surface area (Å²) < 4.78 is 64.9. The molecular weight excluding hydrogens is 363 g/mol. The Bertz CT molecular complexity index is 877. The van der Waals surface area contributed by atoms with Crippen LogP contribution in [-0.4, -0.2) is 34.3 Å². The highest BCUT2D eigenvalue weighted by Gasteiger charge is 2.59. The van der Waals surface area contributed by atoms with Gasteiger partial charge in [0.05, 0.1) is 22.1 Å². The third kappa shape index (κ3) is 3.25. The molecule has 146 valence electrons. The predicted octanol–water partition coefficient (Wildman–Crippen LogP) is 4.69. The van der Waals surface area contributed by atoms with E-state index in [1.165, 1.54) is 6.07 Å². The van der Waals surface area contributed by atoms with Gasteiger partial charge in [0.2, 0.25) is 5.95 Å². The number of alkyl halides is 3. The van der Waals surface area contributed by atoms with Crippen molar-refractivity contribution in [2.24, 2.45) is 0 Å². The summed E-state index contributed by atoms with van der Waals surface area (Å²) in [7, 11) is -0.354. The van der Waals surface area contributed by atoms with Crippen LogP contribution >= 0.6 is 0 Å². The van der Waals surface area contributed by atoms with E-state index in [1.807, 2.05) is 27.7 Å². The Labute approximate surface area is 155 Å². The van der Waals surface area contributed by atoms with Crippen LogP contribution in [0.2, 0.25) is 5.82 Å². The Morgan fingerprint density at radius 1 is 1.19 bits per heavy atom. The van der Waals surface area contributed by atoms with Crippen LogP contribution < -0.4 is 0 Å². The molecule has 0 bridgehead atoms. The van der Waals surface area contributed by atoms with Crippen LogP contribution in [0.4, 0.5) is 17.6 Å². The van der Waals surface area contributed by atoms with E-state index < -0.39 is 29.9 Å². The molecule has 4 nitrogen and oxygen atoms in total. The molecule has 0 radical (unpaired) electrons. The van der Waals surface area contributed by atoms with E-state index >= 15 is 0 Å². The minimum Gasteiger partial charge on any atom is -0.403 e. The number of rotatable bonds is 3. The summed E-state index contributed by atoms with van der Waals surface area (Å²) in [6, 6.07) is 4.85. The lowest BCUT2D eigenvalue weighted by atomic mass is 9.79. The third-order valence-corrected chi connectivity index (χ3v) is 5.95. The van der Waals surface area contributed by atoms with Gasteiger partial charge in [0.1, 0.15) is 6.54 Å². The van der Waals surface area contributed by atoms with Gasteiger partial charge in [-0.1, -0.05) is 6.07 Å². The van der Waals surface area contributed by atoms with Crippen molar-refractivity contribution in [3.63, 3.8) is 0 Å². The van der Waals surface area contributed by atoms with Gasteiger partial charge in [-0.25, -0.2) is 0 Å². The average molecular weight is 384 g/mol. The maximum atomic E-state index is 13.9. The van der Waals surface area contributed by atoms with Crippen molar-refractivity contribution in [1.29, 1.82) is 0 Å². The summed E-state index contributed by atoms with van der Waals surface area (Å²) in [6.45, 7) is 6.61. The van der Waals surface area contributed by atoms with Crippen LogP contribution in [0.25, 0.3) is 10.9 Å². The zero-order valence-corrected chi connectivity index (χ0v) is 15.6. The van der Waals surface area contributed by atoms with Gasteiger partial charge in [0, 0.05) is 5.82 Å².